The molecule has 1 aromatic carbocycles. The molecule has 0 aliphatic rings. The molecule has 5 nitrogen and oxygen atoms in total. The number of aryl methyl sites for hydroxylation is 1. The SMILES string of the molecule is CCCCCn1cc(C(=O)Nc2cnccc2CO)c2ccccc21. The average molecular weight is 337 g/mol. The summed E-state index contributed by atoms with van der Waals surface area (Å²) in [5.74, 6) is -0.187. The Kier molecular flexibility index (Phi) is 5.46. The monoisotopic (exact) mass is 337 g/mol. The molecule has 0 atom stereocenters. The maximum atomic E-state index is 12.8. The third-order valence-corrected chi connectivity index (χ3v) is 4.37. The molecule has 5 heteroatoms. The maximum absolute atomic E-state index is 12.8. The minimum atomic E-state index is -0.187. The molecule has 130 valence electrons. The number of pyridine rings is 1. The summed E-state index contributed by atoms with van der Waals surface area (Å²) in [6.07, 6.45) is 8.50. The highest BCUT2D eigenvalue weighted by atomic mass is 16.3. The normalized spacial score (nSPS) is 11.0. The van der Waals surface area contributed by atoms with E-state index in [1.54, 1.807) is 18.5 Å². The molecule has 0 aliphatic heterocycles. The number of aliphatic hydroxyl groups excluding tert-OH is 1. The number of hydrogen-bond donors (Lipinski definition) is 2. The van der Waals surface area contributed by atoms with Gasteiger partial charge in [0.05, 0.1) is 24.1 Å². The minimum Gasteiger partial charge on any atom is -0.392 e. The summed E-state index contributed by atoms with van der Waals surface area (Å²) >= 11 is 0. The van der Waals surface area contributed by atoms with Crippen LogP contribution < -0.4 is 5.32 Å². The lowest BCUT2D eigenvalue weighted by atomic mass is 10.1. The Morgan fingerprint density at radius 3 is 2.88 bits per heavy atom. The van der Waals surface area contributed by atoms with Gasteiger partial charge in [-0.05, 0) is 18.6 Å². The van der Waals surface area contributed by atoms with Crippen LogP contribution in [-0.4, -0.2) is 20.6 Å². The number of benzene rings is 1. The first-order chi connectivity index (χ1) is 12.2. The number of para-hydroxylation sites is 1. The Balaban J connectivity index is 1.91. The summed E-state index contributed by atoms with van der Waals surface area (Å²) in [6.45, 7) is 2.94. The van der Waals surface area contributed by atoms with Crippen molar-refractivity contribution >= 4 is 22.5 Å². The van der Waals surface area contributed by atoms with E-state index in [0.29, 0.717) is 16.8 Å². The molecule has 0 saturated heterocycles. The molecule has 2 aromatic heterocycles. The lowest BCUT2D eigenvalue weighted by molar-refractivity contribution is 0.102. The van der Waals surface area contributed by atoms with Crippen molar-refractivity contribution in [2.75, 3.05) is 5.32 Å². The van der Waals surface area contributed by atoms with Crippen LogP contribution in [0.15, 0.2) is 48.9 Å². The van der Waals surface area contributed by atoms with Crippen LogP contribution in [0.3, 0.4) is 0 Å². The second-order valence-electron chi connectivity index (χ2n) is 6.11. The van der Waals surface area contributed by atoms with Crippen molar-refractivity contribution in [1.29, 1.82) is 0 Å². The highest BCUT2D eigenvalue weighted by Gasteiger charge is 2.16. The number of aromatic nitrogens is 2. The number of amides is 1. The summed E-state index contributed by atoms with van der Waals surface area (Å²) in [7, 11) is 0. The number of fused-ring (bicyclic) bond motifs is 1. The van der Waals surface area contributed by atoms with Crippen LogP contribution in [0.2, 0.25) is 0 Å². The van der Waals surface area contributed by atoms with Crippen LogP contribution in [0.1, 0.15) is 42.1 Å². The third-order valence-electron chi connectivity index (χ3n) is 4.37. The summed E-state index contributed by atoms with van der Waals surface area (Å²) < 4.78 is 2.15. The lowest BCUT2D eigenvalue weighted by Crippen LogP contribution is -2.13. The van der Waals surface area contributed by atoms with Crippen LogP contribution in [0.5, 0.6) is 0 Å². The van der Waals surface area contributed by atoms with E-state index < -0.39 is 0 Å². The highest BCUT2D eigenvalue weighted by Crippen LogP contribution is 2.24. The third kappa shape index (κ3) is 3.72. The first-order valence-electron chi connectivity index (χ1n) is 8.67. The van der Waals surface area contributed by atoms with E-state index in [0.717, 1.165) is 30.3 Å². The number of carbonyl (C=O) groups excluding carboxylic acids is 1. The molecule has 0 saturated carbocycles. The zero-order chi connectivity index (χ0) is 17.6. The summed E-state index contributed by atoms with van der Waals surface area (Å²) in [6, 6.07) is 9.64. The number of carbonyl (C=O) groups is 1. The van der Waals surface area contributed by atoms with Gasteiger partial charge in [0.2, 0.25) is 0 Å². The zero-order valence-electron chi connectivity index (χ0n) is 14.4. The maximum Gasteiger partial charge on any atom is 0.257 e. The minimum absolute atomic E-state index is 0.142. The zero-order valence-corrected chi connectivity index (χ0v) is 14.4. The van der Waals surface area contributed by atoms with E-state index in [1.165, 1.54) is 6.42 Å². The number of anilines is 1. The molecule has 0 unspecified atom stereocenters. The van der Waals surface area contributed by atoms with Crippen molar-refractivity contribution in [2.24, 2.45) is 0 Å². The molecule has 0 aliphatic carbocycles. The standard InChI is InChI=1S/C20H23N3O2/c1-2-3-6-11-23-13-17(16-7-4-5-8-19(16)23)20(25)22-18-12-21-10-9-15(18)14-24/h4-5,7-10,12-13,24H,2-3,6,11,14H2,1H3,(H,22,25). The molecule has 0 fully saturated rings. The van der Waals surface area contributed by atoms with Gasteiger partial charge in [-0.15, -0.1) is 0 Å². The second-order valence-corrected chi connectivity index (χ2v) is 6.11. The molecule has 2 heterocycles. The Morgan fingerprint density at radius 1 is 1.24 bits per heavy atom. The number of nitrogens with one attached hydrogen (secondary N) is 1. The molecule has 25 heavy (non-hydrogen) atoms. The molecule has 0 bridgehead atoms. The fourth-order valence-corrected chi connectivity index (χ4v) is 3.01. The van der Waals surface area contributed by atoms with Gasteiger partial charge in [0.1, 0.15) is 0 Å². The smallest absolute Gasteiger partial charge is 0.257 e. The van der Waals surface area contributed by atoms with Crippen LogP contribution in [-0.2, 0) is 13.2 Å². The predicted octanol–water partition coefficient (Wildman–Crippen LogP) is 3.97. The molecule has 3 aromatic rings. The van der Waals surface area contributed by atoms with E-state index in [9.17, 15) is 9.90 Å². The average Bonchev–Trinajstić information content (AvgIpc) is 3.01. The van der Waals surface area contributed by atoms with Crippen molar-refractivity contribution in [1.82, 2.24) is 9.55 Å². The van der Waals surface area contributed by atoms with E-state index in [4.69, 9.17) is 0 Å². The number of unbranched alkanes of at least 4 members (excludes halogenated alkanes) is 2. The van der Waals surface area contributed by atoms with Crippen molar-refractivity contribution in [3.63, 3.8) is 0 Å². The van der Waals surface area contributed by atoms with Crippen molar-refractivity contribution in [2.45, 2.75) is 39.3 Å². The van der Waals surface area contributed by atoms with Gasteiger partial charge in [0, 0.05) is 35.4 Å². The van der Waals surface area contributed by atoms with Crippen LogP contribution >= 0.6 is 0 Å². The van der Waals surface area contributed by atoms with Gasteiger partial charge in [-0.2, -0.15) is 0 Å². The Morgan fingerprint density at radius 2 is 2.08 bits per heavy atom. The van der Waals surface area contributed by atoms with Gasteiger partial charge in [0.25, 0.3) is 5.91 Å². The molecule has 3 rings (SSSR count). The summed E-state index contributed by atoms with van der Waals surface area (Å²) in [5.41, 5.74) is 2.89. The number of aliphatic hydroxyl groups is 1. The quantitative estimate of drug-likeness (QED) is 0.641. The molecule has 2 N–H and O–H groups in total. The van der Waals surface area contributed by atoms with Gasteiger partial charge in [0.15, 0.2) is 0 Å². The first-order valence-corrected chi connectivity index (χ1v) is 8.67. The van der Waals surface area contributed by atoms with E-state index >= 15 is 0 Å². The molecule has 0 radical (unpaired) electrons. The molecule has 0 spiro atoms. The first kappa shape index (κ1) is 17.2. The number of rotatable bonds is 7. The fourth-order valence-electron chi connectivity index (χ4n) is 3.01. The van der Waals surface area contributed by atoms with Gasteiger partial charge >= 0.3 is 0 Å². The second kappa shape index (κ2) is 7.94. The van der Waals surface area contributed by atoms with E-state index in [2.05, 4.69) is 21.8 Å². The summed E-state index contributed by atoms with van der Waals surface area (Å²) in [5, 5.41) is 13.2. The lowest BCUT2D eigenvalue weighted by Gasteiger charge is -2.08. The molecule has 1 amide bonds. The highest BCUT2D eigenvalue weighted by molar-refractivity contribution is 6.13. The van der Waals surface area contributed by atoms with Crippen molar-refractivity contribution in [3.8, 4) is 0 Å². The molecular weight excluding hydrogens is 314 g/mol. The molecular formula is C20H23N3O2. The van der Waals surface area contributed by atoms with E-state index in [-0.39, 0.29) is 12.5 Å². The predicted molar refractivity (Wildman–Crippen MR) is 99.6 cm³/mol. The van der Waals surface area contributed by atoms with Crippen LogP contribution in [0, 0.1) is 0 Å². The summed E-state index contributed by atoms with van der Waals surface area (Å²) in [4.78, 5) is 16.8. The van der Waals surface area contributed by atoms with Gasteiger partial charge in [-0.25, -0.2) is 0 Å². The van der Waals surface area contributed by atoms with Crippen molar-refractivity contribution < 1.29 is 9.90 Å². The Labute approximate surface area is 147 Å². The number of nitrogens with zero attached hydrogens (tertiary/aromatic N) is 2. The number of hydrogen-bond acceptors (Lipinski definition) is 3. The van der Waals surface area contributed by atoms with Crippen LogP contribution in [0.4, 0.5) is 5.69 Å². The van der Waals surface area contributed by atoms with Gasteiger partial charge in [-0.3, -0.25) is 9.78 Å². The Bertz CT molecular complexity index is 870. The van der Waals surface area contributed by atoms with Crippen LogP contribution in [0.25, 0.3) is 10.9 Å². The van der Waals surface area contributed by atoms with Gasteiger partial charge < -0.3 is 15.0 Å². The fraction of sp³-hybridized carbons (Fsp3) is 0.300. The van der Waals surface area contributed by atoms with E-state index in [1.807, 2.05) is 30.5 Å². The Hall–Kier alpha value is -2.66. The van der Waals surface area contributed by atoms with Crippen molar-refractivity contribution in [3.05, 3.63) is 60.0 Å². The largest absolute Gasteiger partial charge is 0.392 e. The topological polar surface area (TPSA) is 67.2 Å². The van der Waals surface area contributed by atoms with Gasteiger partial charge in [-0.1, -0.05) is 38.0 Å².